The molecular formula is C37H36BrN3O3. The maximum absolute atomic E-state index is 14.9. The fourth-order valence-corrected chi connectivity index (χ4v) is 7.57. The number of aryl methyl sites for hydroxylation is 1. The molecule has 2 N–H and O–H groups in total. The van der Waals surface area contributed by atoms with Gasteiger partial charge in [0, 0.05) is 38.9 Å². The quantitative estimate of drug-likeness (QED) is 0.197. The van der Waals surface area contributed by atoms with Crippen molar-refractivity contribution in [3.8, 4) is 0 Å². The van der Waals surface area contributed by atoms with Crippen molar-refractivity contribution in [2.24, 2.45) is 11.8 Å². The highest BCUT2D eigenvalue weighted by Gasteiger charge is 2.70. The Kier molecular flexibility index (Phi) is 8.16. The fourth-order valence-electron chi connectivity index (χ4n) is 7.21. The van der Waals surface area contributed by atoms with Crippen LogP contribution in [0.4, 0.5) is 16.2 Å². The van der Waals surface area contributed by atoms with Crippen LogP contribution in [0.25, 0.3) is 0 Å². The average Bonchev–Trinajstić information content (AvgIpc) is 3.48. The van der Waals surface area contributed by atoms with Crippen LogP contribution in [0.3, 0.4) is 0 Å². The zero-order chi connectivity index (χ0) is 31.0. The molecule has 2 aliphatic heterocycles. The Labute approximate surface area is 267 Å². The van der Waals surface area contributed by atoms with Gasteiger partial charge in [-0.05, 0) is 60.2 Å². The third-order valence-corrected chi connectivity index (χ3v) is 9.46. The Hall–Kier alpha value is -4.23. The van der Waals surface area contributed by atoms with Crippen LogP contribution in [-0.4, -0.2) is 28.7 Å². The highest BCUT2D eigenvalue weighted by molar-refractivity contribution is 9.10. The van der Waals surface area contributed by atoms with Gasteiger partial charge in [-0.3, -0.25) is 9.59 Å². The van der Waals surface area contributed by atoms with E-state index < -0.39 is 29.4 Å². The van der Waals surface area contributed by atoms with Crippen molar-refractivity contribution in [3.05, 3.63) is 130 Å². The molecule has 1 fully saturated rings. The lowest BCUT2D eigenvalue weighted by Crippen LogP contribution is -2.57. The third kappa shape index (κ3) is 5.03. The first kappa shape index (κ1) is 29.8. The minimum Gasteiger partial charge on any atom is -0.323 e. The number of ketones is 1. The first-order chi connectivity index (χ1) is 21.2. The maximum atomic E-state index is 14.9. The first-order valence-electron chi connectivity index (χ1n) is 15.2. The molecule has 0 saturated carbocycles. The van der Waals surface area contributed by atoms with Crippen LogP contribution in [0.1, 0.15) is 60.2 Å². The summed E-state index contributed by atoms with van der Waals surface area (Å²) in [5.74, 6) is -1.70. The van der Waals surface area contributed by atoms with Crippen molar-refractivity contribution in [1.82, 2.24) is 4.90 Å². The Morgan fingerprint density at radius 3 is 2.32 bits per heavy atom. The smallest absolute Gasteiger partial charge is 0.323 e. The summed E-state index contributed by atoms with van der Waals surface area (Å²) >= 11 is 3.62. The van der Waals surface area contributed by atoms with Gasteiger partial charge < -0.3 is 15.5 Å². The summed E-state index contributed by atoms with van der Waals surface area (Å²) in [6.07, 6.45) is 1.42. The molecule has 1 spiro atoms. The molecule has 224 valence electrons. The molecule has 4 unspecified atom stereocenters. The first-order valence-corrected chi connectivity index (χ1v) is 16.0. The molecule has 2 heterocycles. The van der Waals surface area contributed by atoms with Crippen LogP contribution >= 0.6 is 15.9 Å². The van der Waals surface area contributed by atoms with Gasteiger partial charge in [-0.25, -0.2) is 4.79 Å². The lowest BCUT2D eigenvalue weighted by atomic mass is 9.69. The maximum Gasteiger partial charge on any atom is 0.323 e. The van der Waals surface area contributed by atoms with Gasteiger partial charge in [0.2, 0.25) is 0 Å². The molecule has 6 rings (SSSR count). The Morgan fingerprint density at radius 1 is 0.932 bits per heavy atom. The highest BCUT2D eigenvalue weighted by atomic mass is 79.9. The molecule has 1 saturated heterocycles. The summed E-state index contributed by atoms with van der Waals surface area (Å²) < 4.78 is 0.762. The molecule has 4 aromatic rings. The van der Waals surface area contributed by atoms with Crippen molar-refractivity contribution >= 4 is 45.0 Å². The Balaban J connectivity index is 1.64. The van der Waals surface area contributed by atoms with Crippen molar-refractivity contribution in [2.45, 2.75) is 51.1 Å². The second-order valence-corrected chi connectivity index (χ2v) is 13.0. The zero-order valence-electron chi connectivity index (χ0n) is 25.1. The van der Waals surface area contributed by atoms with Crippen LogP contribution in [0.15, 0.2) is 108 Å². The second kappa shape index (κ2) is 12.0. The summed E-state index contributed by atoms with van der Waals surface area (Å²) in [6, 6.07) is 31.5. The second-order valence-electron chi connectivity index (χ2n) is 12.1. The molecule has 7 heteroatoms. The van der Waals surface area contributed by atoms with Gasteiger partial charge in [-0.1, -0.05) is 109 Å². The number of hydrogen-bond donors (Lipinski definition) is 2. The molecule has 0 radical (unpaired) electrons. The van der Waals surface area contributed by atoms with E-state index in [4.69, 9.17) is 0 Å². The van der Waals surface area contributed by atoms with Crippen LogP contribution in [0, 0.1) is 11.8 Å². The largest absolute Gasteiger partial charge is 0.323 e. The number of amides is 3. The third-order valence-electron chi connectivity index (χ3n) is 8.97. The molecule has 3 amide bonds. The van der Waals surface area contributed by atoms with E-state index in [1.807, 2.05) is 91.0 Å². The Morgan fingerprint density at radius 2 is 1.64 bits per heavy atom. The lowest BCUT2D eigenvalue weighted by molar-refractivity contribution is -0.126. The Bertz CT molecular complexity index is 1710. The number of benzene rings is 4. The number of fused-ring (bicyclic) bond motifs is 2. The van der Waals surface area contributed by atoms with Gasteiger partial charge >= 0.3 is 6.03 Å². The molecule has 4 aromatic carbocycles. The van der Waals surface area contributed by atoms with Gasteiger partial charge in [-0.15, -0.1) is 0 Å². The van der Waals surface area contributed by atoms with Crippen molar-refractivity contribution in [3.63, 3.8) is 0 Å². The summed E-state index contributed by atoms with van der Waals surface area (Å²) in [5, 5.41) is 6.21. The van der Waals surface area contributed by atoms with E-state index >= 15 is 0 Å². The minimum absolute atomic E-state index is 0.167. The summed E-state index contributed by atoms with van der Waals surface area (Å²) in [5.41, 5.74) is 2.79. The van der Waals surface area contributed by atoms with Crippen LogP contribution in [-0.2, 0) is 16.8 Å². The van der Waals surface area contributed by atoms with Crippen LogP contribution in [0.2, 0.25) is 0 Å². The van der Waals surface area contributed by atoms with E-state index in [0.29, 0.717) is 28.9 Å². The number of rotatable bonds is 7. The molecule has 0 bridgehead atoms. The van der Waals surface area contributed by atoms with E-state index in [2.05, 4.69) is 47.3 Å². The van der Waals surface area contributed by atoms with Crippen LogP contribution < -0.4 is 10.6 Å². The van der Waals surface area contributed by atoms with Crippen LogP contribution in [0.5, 0.6) is 0 Å². The number of likely N-dealkylation sites (tertiary alicyclic amines) is 1. The predicted molar refractivity (Wildman–Crippen MR) is 178 cm³/mol. The van der Waals surface area contributed by atoms with Crippen molar-refractivity contribution in [1.29, 1.82) is 0 Å². The van der Waals surface area contributed by atoms with Crippen molar-refractivity contribution < 1.29 is 14.4 Å². The monoisotopic (exact) mass is 649 g/mol. The average molecular weight is 651 g/mol. The topological polar surface area (TPSA) is 78.5 Å². The van der Waals surface area contributed by atoms with Gasteiger partial charge in [-0.2, -0.15) is 0 Å². The van der Waals surface area contributed by atoms with E-state index in [1.54, 1.807) is 17.0 Å². The zero-order valence-corrected chi connectivity index (χ0v) is 26.7. The number of carbonyl (C=O) groups excluding carboxylic acids is 3. The number of anilines is 2. The van der Waals surface area contributed by atoms with Gasteiger partial charge in [0.15, 0.2) is 11.3 Å². The molecule has 2 aliphatic rings. The molecule has 0 aliphatic carbocycles. The number of nitrogens with zero attached hydrogens (tertiary/aromatic N) is 1. The minimum atomic E-state index is -1.60. The van der Waals surface area contributed by atoms with E-state index in [0.717, 1.165) is 22.0 Å². The number of carbonyl (C=O) groups is 3. The van der Waals surface area contributed by atoms with E-state index in [1.165, 1.54) is 0 Å². The lowest BCUT2D eigenvalue weighted by Gasteiger charge is -2.39. The fraction of sp³-hybridized carbons (Fsp3) is 0.270. The number of Topliss-reactive ketones (excluding diaryl/α,β-unsaturated/α-hetero) is 1. The highest BCUT2D eigenvalue weighted by Crippen LogP contribution is 2.60. The van der Waals surface area contributed by atoms with Crippen molar-refractivity contribution in [2.75, 3.05) is 10.6 Å². The molecule has 44 heavy (non-hydrogen) atoms. The summed E-state index contributed by atoms with van der Waals surface area (Å²) in [4.78, 5) is 46.1. The molecule has 4 atom stereocenters. The normalized spacial score (nSPS) is 22.2. The van der Waals surface area contributed by atoms with E-state index in [-0.39, 0.29) is 17.6 Å². The number of nitrogens with one attached hydrogen (secondary N) is 2. The molecule has 6 nitrogen and oxygen atoms in total. The van der Waals surface area contributed by atoms with Gasteiger partial charge in [0.25, 0.3) is 5.91 Å². The number of hydrogen-bond acceptors (Lipinski definition) is 3. The molecule has 0 aromatic heterocycles. The summed E-state index contributed by atoms with van der Waals surface area (Å²) in [6.45, 7) is 6.29. The standard InChI is InChI=1S/C37H36BrN3O3/c1-4-24-12-11-17-28(21-24)39-36(44)41-31(20-23(2)3)32(25-13-7-5-8-14-25)33(34(42)26-15-9-6-10-16-26)37(41)29-22-27(38)18-19-30(29)40-35(37)43/h5-19,21-23,31-33H,4,20H2,1-3H3,(H,39,44)(H,40,43). The van der Waals surface area contributed by atoms with Gasteiger partial charge in [0.05, 0.1) is 5.92 Å². The molecular weight excluding hydrogens is 614 g/mol. The SMILES string of the molecule is CCc1cccc(NC(=O)N2C(CC(C)C)C(c3ccccc3)C(C(=O)c3ccccc3)C23C(=O)Nc2ccc(Br)cc23)c1. The summed E-state index contributed by atoms with van der Waals surface area (Å²) in [7, 11) is 0. The van der Waals surface area contributed by atoms with E-state index in [9.17, 15) is 14.4 Å². The predicted octanol–water partition coefficient (Wildman–Crippen LogP) is 8.40. The van der Waals surface area contributed by atoms with Gasteiger partial charge in [0.1, 0.15) is 0 Å². The number of urea groups is 1. The number of halogens is 1.